The number of nitrogens with zero attached hydrogens (tertiary/aromatic N) is 2. The van der Waals surface area contributed by atoms with Crippen molar-refractivity contribution in [3.05, 3.63) is 35.9 Å². The number of rotatable bonds is 10. The fourth-order valence-electron chi connectivity index (χ4n) is 3.48. The summed E-state index contributed by atoms with van der Waals surface area (Å²) in [6, 6.07) is 10.8. The van der Waals surface area contributed by atoms with Crippen LogP contribution in [-0.4, -0.2) is 69.9 Å². The third-order valence-corrected chi connectivity index (χ3v) is 5.24. The first-order valence-corrected chi connectivity index (χ1v) is 10.5. The van der Waals surface area contributed by atoms with Crippen molar-refractivity contribution in [2.75, 3.05) is 53.0 Å². The summed E-state index contributed by atoms with van der Waals surface area (Å²) in [7, 11) is 1.82. The fraction of sp³-hybridized carbons (Fsp3) is 0.682. The predicted octanol–water partition coefficient (Wildman–Crippen LogP) is 2.68. The van der Waals surface area contributed by atoms with Gasteiger partial charge in [-0.05, 0) is 24.8 Å². The number of guanidine groups is 1. The van der Waals surface area contributed by atoms with Gasteiger partial charge in [-0.15, -0.1) is 0 Å². The molecule has 1 aromatic carbocycles. The monoisotopic (exact) mass is 390 g/mol. The van der Waals surface area contributed by atoms with Gasteiger partial charge in [0.25, 0.3) is 0 Å². The van der Waals surface area contributed by atoms with Crippen LogP contribution in [0.25, 0.3) is 0 Å². The second kappa shape index (κ2) is 12.8. The summed E-state index contributed by atoms with van der Waals surface area (Å²) in [5, 5.41) is 6.89. The van der Waals surface area contributed by atoms with E-state index in [2.05, 4.69) is 53.4 Å². The molecule has 0 aliphatic carbocycles. The van der Waals surface area contributed by atoms with E-state index in [0.717, 1.165) is 58.4 Å². The normalized spacial score (nSPS) is 18.1. The second-order valence-corrected chi connectivity index (χ2v) is 7.62. The van der Waals surface area contributed by atoms with Gasteiger partial charge in [0, 0.05) is 45.9 Å². The lowest BCUT2D eigenvalue weighted by Gasteiger charge is -2.37. The Balaban J connectivity index is 1.65. The van der Waals surface area contributed by atoms with Gasteiger partial charge in [-0.3, -0.25) is 9.89 Å². The maximum absolute atomic E-state index is 5.93. The zero-order chi connectivity index (χ0) is 20.2. The number of nitrogens with one attached hydrogen (secondary N) is 2. The molecular formula is C22H38N4O2. The van der Waals surface area contributed by atoms with Gasteiger partial charge in [-0.1, -0.05) is 44.2 Å². The van der Waals surface area contributed by atoms with E-state index in [1.165, 1.54) is 5.56 Å². The first kappa shape index (κ1) is 22.7. The molecule has 0 spiro atoms. The SMILES string of the molecule is CN=C(NCCCOC(C)c1ccccc1)NCC(C(C)C)N1CCOCC1. The Kier molecular flexibility index (Phi) is 10.3. The van der Waals surface area contributed by atoms with E-state index in [-0.39, 0.29) is 6.10 Å². The minimum absolute atomic E-state index is 0.124. The molecule has 1 aliphatic heterocycles. The van der Waals surface area contributed by atoms with Crippen LogP contribution in [0.5, 0.6) is 0 Å². The van der Waals surface area contributed by atoms with Crippen LogP contribution in [-0.2, 0) is 9.47 Å². The highest BCUT2D eigenvalue weighted by atomic mass is 16.5. The van der Waals surface area contributed by atoms with Gasteiger partial charge in [0.05, 0.1) is 19.3 Å². The first-order valence-electron chi connectivity index (χ1n) is 10.5. The van der Waals surface area contributed by atoms with Gasteiger partial charge in [-0.2, -0.15) is 0 Å². The van der Waals surface area contributed by atoms with E-state index in [9.17, 15) is 0 Å². The summed E-state index contributed by atoms with van der Waals surface area (Å²) < 4.78 is 11.4. The molecule has 0 saturated carbocycles. The van der Waals surface area contributed by atoms with E-state index in [0.29, 0.717) is 12.0 Å². The van der Waals surface area contributed by atoms with E-state index < -0.39 is 0 Å². The molecule has 0 bridgehead atoms. The number of hydrogen-bond donors (Lipinski definition) is 2. The van der Waals surface area contributed by atoms with Crippen molar-refractivity contribution in [2.24, 2.45) is 10.9 Å². The minimum atomic E-state index is 0.124. The summed E-state index contributed by atoms with van der Waals surface area (Å²) in [5.74, 6) is 1.44. The van der Waals surface area contributed by atoms with Gasteiger partial charge in [0.1, 0.15) is 0 Å². The van der Waals surface area contributed by atoms with Crippen molar-refractivity contribution in [1.29, 1.82) is 0 Å². The van der Waals surface area contributed by atoms with Crippen molar-refractivity contribution < 1.29 is 9.47 Å². The van der Waals surface area contributed by atoms with Crippen molar-refractivity contribution in [3.63, 3.8) is 0 Å². The topological polar surface area (TPSA) is 58.1 Å². The fourth-order valence-corrected chi connectivity index (χ4v) is 3.48. The molecule has 1 aromatic rings. The van der Waals surface area contributed by atoms with Crippen molar-refractivity contribution >= 4 is 5.96 Å². The second-order valence-electron chi connectivity index (χ2n) is 7.62. The molecule has 2 unspecified atom stereocenters. The van der Waals surface area contributed by atoms with Crippen LogP contribution >= 0.6 is 0 Å². The average molecular weight is 391 g/mol. The standard InChI is InChI=1S/C22H38N4O2/c1-18(2)21(26-12-15-27-16-13-26)17-25-22(23-4)24-11-8-14-28-19(3)20-9-6-5-7-10-20/h5-7,9-10,18-19,21H,8,11-17H2,1-4H3,(H2,23,24,25). The summed E-state index contributed by atoms with van der Waals surface area (Å²) in [6.07, 6.45) is 1.06. The van der Waals surface area contributed by atoms with Crippen LogP contribution in [0.1, 0.15) is 38.9 Å². The lowest BCUT2D eigenvalue weighted by molar-refractivity contribution is 0.00752. The molecule has 28 heavy (non-hydrogen) atoms. The van der Waals surface area contributed by atoms with Gasteiger partial charge in [0.15, 0.2) is 5.96 Å². The molecule has 2 rings (SSSR count). The van der Waals surface area contributed by atoms with E-state index >= 15 is 0 Å². The van der Waals surface area contributed by atoms with E-state index in [1.807, 2.05) is 25.2 Å². The Morgan fingerprint density at radius 3 is 2.50 bits per heavy atom. The summed E-state index contributed by atoms with van der Waals surface area (Å²) in [5.41, 5.74) is 1.22. The highest BCUT2D eigenvalue weighted by molar-refractivity contribution is 5.79. The van der Waals surface area contributed by atoms with Crippen LogP contribution in [0.4, 0.5) is 0 Å². The lowest BCUT2D eigenvalue weighted by atomic mass is 10.0. The van der Waals surface area contributed by atoms with Crippen LogP contribution in [0.15, 0.2) is 35.3 Å². The summed E-state index contributed by atoms with van der Waals surface area (Å²) in [6.45, 7) is 12.8. The zero-order valence-corrected chi connectivity index (χ0v) is 18.0. The van der Waals surface area contributed by atoms with Crippen LogP contribution in [0.3, 0.4) is 0 Å². The molecule has 1 aliphatic rings. The Bertz CT molecular complexity index is 559. The van der Waals surface area contributed by atoms with Crippen LogP contribution in [0.2, 0.25) is 0 Å². The van der Waals surface area contributed by atoms with Crippen molar-refractivity contribution in [2.45, 2.75) is 39.3 Å². The molecule has 6 heteroatoms. The number of hydrogen-bond acceptors (Lipinski definition) is 4. The average Bonchev–Trinajstić information content (AvgIpc) is 2.73. The highest BCUT2D eigenvalue weighted by Crippen LogP contribution is 2.15. The number of ether oxygens (including phenoxy) is 2. The Hall–Kier alpha value is -1.63. The third kappa shape index (κ3) is 7.78. The molecule has 1 saturated heterocycles. The van der Waals surface area contributed by atoms with E-state index in [4.69, 9.17) is 9.47 Å². The Morgan fingerprint density at radius 2 is 1.86 bits per heavy atom. The quantitative estimate of drug-likeness (QED) is 0.365. The maximum Gasteiger partial charge on any atom is 0.191 e. The highest BCUT2D eigenvalue weighted by Gasteiger charge is 2.23. The largest absolute Gasteiger partial charge is 0.379 e. The predicted molar refractivity (Wildman–Crippen MR) is 116 cm³/mol. The molecule has 2 N–H and O–H groups in total. The summed E-state index contributed by atoms with van der Waals surface area (Å²) >= 11 is 0. The molecule has 2 atom stereocenters. The molecular weight excluding hydrogens is 352 g/mol. The molecule has 158 valence electrons. The van der Waals surface area contributed by atoms with Crippen molar-refractivity contribution in [1.82, 2.24) is 15.5 Å². The minimum Gasteiger partial charge on any atom is -0.379 e. The van der Waals surface area contributed by atoms with Crippen molar-refractivity contribution in [3.8, 4) is 0 Å². The zero-order valence-electron chi connectivity index (χ0n) is 18.0. The van der Waals surface area contributed by atoms with Gasteiger partial charge in [-0.25, -0.2) is 0 Å². The molecule has 0 amide bonds. The third-order valence-electron chi connectivity index (χ3n) is 5.24. The number of morpholine rings is 1. The molecule has 1 fully saturated rings. The first-order chi connectivity index (χ1) is 13.6. The van der Waals surface area contributed by atoms with Gasteiger partial charge >= 0.3 is 0 Å². The number of benzene rings is 1. The Morgan fingerprint density at radius 1 is 1.14 bits per heavy atom. The van der Waals surface area contributed by atoms with Gasteiger partial charge < -0.3 is 20.1 Å². The van der Waals surface area contributed by atoms with Gasteiger partial charge in [0.2, 0.25) is 0 Å². The Labute approximate surface area is 170 Å². The number of aliphatic imine (C=N–C) groups is 1. The molecule has 0 aromatic heterocycles. The van der Waals surface area contributed by atoms with Crippen LogP contribution in [0, 0.1) is 5.92 Å². The summed E-state index contributed by atoms with van der Waals surface area (Å²) in [4.78, 5) is 6.88. The molecule has 0 radical (unpaired) electrons. The lowest BCUT2D eigenvalue weighted by Crippen LogP contribution is -2.52. The van der Waals surface area contributed by atoms with E-state index in [1.54, 1.807) is 0 Å². The smallest absolute Gasteiger partial charge is 0.191 e. The maximum atomic E-state index is 5.93. The van der Waals surface area contributed by atoms with Crippen LogP contribution < -0.4 is 10.6 Å². The molecule has 6 nitrogen and oxygen atoms in total. The molecule has 1 heterocycles.